The van der Waals surface area contributed by atoms with Gasteiger partial charge in [-0.1, -0.05) is 42.5 Å². The normalized spacial score (nSPS) is 11.1. The molecule has 2 heterocycles. The Morgan fingerprint density at radius 1 is 0.697 bits per heavy atom. The Morgan fingerprint density at radius 2 is 1.30 bits per heavy atom. The number of hydrogen-bond acceptors (Lipinski definition) is 2. The van der Waals surface area contributed by atoms with E-state index in [9.17, 15) is 9.59 Å². The highest BCUT2D eigenvalue weighted by Gasteiger charge is 2.12. The van der Waals surface area contributed by atoms with E-state index in [1.807, 2.05) is 71.4 Å². The fourth-order valence-corrected chi connectivity index (χ4v) is 4.25. The van der Waals surface area contributed by atoms with E-state index in [-0.39, 0.29) is 18.4 Å². The van der Waals surface area contributed by atoms with E-state index in [4.69, 9.17) is 0 Å². The summed E-state index contributed by atoms with van der Waals surface area (Å²) in [6.07, 6.45) is 3.92. The SMILES string of the molecule is CC(=O)Nc1cccc2c1ccn2CC(=O)Nc1cccc2c1ccn2Cc1ccccc1. The van der Waals surface area contributed by atoms with Gasteiger partial charge in [-0.3, -0.25) is 9.59 Å². The Bertz CT molecular complexity index is 1460. The van der Waals surface area contributed by atoms with E-state index in [0.29, 0.717) is 0 Å². The van der Waals surface area contributed by atoms with E-state index in [0.717, 1.165) is 39.7 Å². The number of carbonyl (C=O) groups is 2. The minimum Gasteiger partial charge on any atom is -0.343 e. The molecule has 0 saturated heterocycles. The molecule has 0 radical (unpaired) electrons. The molecule has 2 N–H and O–H groups in total. The maximum atomic E-state index is 12.9. The van der Waals surface area contributed by atoms with Gasteiger partial charge in [-0.25, -0.2) is 0 Å². The molecule has 0 spiro atoms. The lowest BCUT2D eigenvalue weighted by Crippen LogP contribution is -2.18. The van der Waals surface area contributed by atoms with E-state index in [1.165, 1.54) is 12.5 Å². The Balaban J connectivity index is 1.36. The van der Waals surface area contributed by atoms with Gasteiger partial charge in [-0.15, -0.1) is 0 Å². The predicted molar refractivity (Wildman–Crippen MR) is 132 cm³/mol. The summed E-state index contributed by atoms with van der Waals surface area (Å²) in [7, 11) is 0. The average Bonchev–Trinajstić information content (AvgIpc) is 3.40. The van der Waals surface area contributed by atoms with Crippen molar-refractivity contribution >= 4 is 45.0 Å². The largest absolute Gasteiger partial charge is 0.343 e. The summed E-state index contributed by atoms with van der Waals surface area (Å²) >= 11 is 0. The van der Waals surface area contributed by atoms with Gasteiger partial charge >= 0.3 is 0 Å². The van der Waals surface area contributed by atoms with Crippen LogP contribution in [0.1, 0.15) is 12.5 Å². The first-order valence-electron chi connectivity index (χ1n) is 10.9. The highest BCUT2D eigenvalue weighted by atomic mass is 16.2. The van der Waals surface area contributed by atoms with E-state index >= 15 is 0 Å². The van der Waals surface area contributed by atoms with E-state index in [1.54, 1.807) is 0 Å². The predicted octanol–water partition coefficient (Wildman–Crippen LogP) is 5.24. The van der Waals surface area contributed by atoms with Crippen molar-refractivity contribution in [1.82, 2.24) is 9.13 Å². The van der Waals surface area contributed by atoms with Crippen LogP contribution in [-0.4, -0.2) is 20.9 Å². The summed E-state index contributed by atoms with van der Waals surface area (Å²) in [5.41, 5.74) is 4.72. The van der Waals surface area contributed by atoms with Crippen molar-refractivity contribution in [1.29, 1.82) is 0 Å². The number of fused-ring (bicyclic) bond motifs is 2. The first-order valence-corrected chi connectivity index (χ1v) is 10.9. The van der Waals surface area contributed by atoms with Crippen LogP contribution >= 0.6 is 0 Å². The quantitative estimate of drug-likeness (QED) is 0.382. The monoisotopic (exact) mass is 436 g/mol. The first kappa shape index (κ1) is 20.6. The topological polar surface area (TPSA) is 68.1 Å². The number of carbonyl (C=O) groups excluding carboxylic acids is 2. The fraction of sp³-hybridized carbons (Fsp3) is 0.111. The molecule has 0 bridgehead atoms. The van der Waals surface area contributed by atoms with Crippen molar-refractivity contribution in [3.63, 3.8) is 0 Å². The number of nitrogens with zero attached hydrogens (tertiary/aromatic N) is 2. The number of amides is 2. The number of nitrogens with one attached hydrogen (secondary N) is 2. The summed E-state index contributed by atoms with van der Waals surface area (Å²) in [6, 6.07) is 25.9. The lowest BCUT2D eigenvalue weighted by atomic mass is 10.2. The number of anilines is 2. The van der Waals surface area contributed by atoms with Crippen molar-refractivity contribution in [3.05, 3.63) is 96.8 Å². The zero-order valence-corrected chi connectivity index (χ0v) is 18.3. The number of hydrogen-bond donors (Lipinski definition) is 2. The van der Waals surface area contributed by atoms with Crippen molar-refractivity contribution in [3.8, 4) is 0 Å². The van der Waals surface area contributed by atoms with Gasteiger partial charge in [-0.05, 0) is 42.0 Å². The summed E-state index contributed by atoms with van der Waals surface area (Å²) < 4.78 is 4.07. The second-order valence-electron chi connectivity index (χ2n) is 8.08. The standard InChI is InChI=1S/C27H24N4O2/c1-19(32)28-23-9-5-12-26-21(23)14-16-31(26)18-27(33)29-24-10-6-11-25-22(24)13-15-30(25)17-20-7-3-2-4-8-20/h2-16H,17-18H2,1H3,(H,28,32)(H,29,33). The molecule has 0 aliphatic carbocycles. The molecule has 2 amide bonds. The Kier molecular flexibility index (Phi) is 5.40. The van der Waals surface area contributed by atoms with Gasteiger partial charge in [0, 0.05) is 36.6 Å². The van der Waals surface area contributed by atoms with Crippen LogP contribution in [0.15, 0.2) is 91.3 Å². The van der Waals surface area contributed by atoms with Crippen molar-refractivity contribution in [2.75, 3.05) is 10.6 Å². The molecule has 33 heavy (non-hydrogen) atoms. The molecular weight excluding hydrogens is 412 g/mol. The fourth-order valence-electron chi connectivity index (χ4n) is 4.25. The van der Waals surface area contributed by atoms with Gasteiger partial charge < -0.3 is 19.8 Å². The summed E-state index contributed by atoms with van der Waals surface area (Å²) in [5, 5.41) is 7.82. The van der Waals surface area contributed by atoms with Gasteiger partial charge in [0.1, 0.15) is 6.54 Å². The molecule has 164 valence electrons. The molecule has 2 aromatic heterocycles. The molecular formula is C27H24N4O2. The lowest BCUT2D eigenvalue weighted by molar-refractivity contribution is -0.116. The third kappa shape index (κ3) is 4.23. The summed E-state index contributed by atoms with van der Waals surface area (Å²) in [5.74, 6) is -0.235. The Labute approximate surface area is 191 Å². The van der Waals surface area contributed by atoms with Crippen molar-refractivity contribution < 1.29 is 9.59 Å². The average molecular weight is 437 g/mol. The third-order valence-electron chi connectivity index (χ3n) is 5.72. The second kappa shape index (κ2) is 8.67. The van der Waals surface area contributed by atoms with Crippen molar-refractivity contribution in [2.24, 2.45) is 0 Å². The molecule has 0 aliphatic heterocycles. The smallest absolute Gasteiger partial charge is 0.244 e. The van der Waals surface area contributed by atoms with E-state index in [2.05, 4.69) is 39.6 Å². The molecule has 0 unspecified atom stereocenters. The maximum absolute atomic E-state index is 12.9. The van der Waals surface area contributed by atoms with Gasteiger partial charge in [-0.2, -0.15) is 0 Å². The van der Waals surface area contributed by atoms with Crippen LogP contribution in [0.25, 0.3) is 21.8 Å². The van der Waals surface area contributed by atoms with Crippen LogP contribution in [0, 0.1) is 0 Å². The van der Waals surface area contributed by atoms with Crippen LogP contribution < -0.4 is 10.6 Å². The number of benzene rings is 3. The van der Waals surface area contributed by atoms with Gasteiger partial charge in [0.25, 0.3) is 0 Å². The molecule has 5 rings (SSSR count). The van der Waals surface area contributed by atoms with Gasteiger partial charge in [0.05, 0.1) is 22.4 Å². The molecule has 5 aromatic rings. The molecule has 0 saturated carbocycles. The van der Waals surface area contributed by atoms with Gasteiger partial charge in [0.15, 0.2) is 0 Å². The van der Waals surface area contributed by atoms with Gasteiger partial charge in [0.2, 0.25) is 11.8 Å². The van der Waals surface area contributed by atoms with Crippen LogP contribution in [0.4, 0.5) is 11.4 Å². The first-order chi connectivity index (χ1) is 16.1. The van der Waals surface area contributed by atoms with Crippen molar-refractivity contribution in [2.45, 2.75) is 20.0 Å². The number of rotatable bonds is 6. The molecule has 6 heteroatoms. The maximum Gasteiger partial charge on any atom is 0.244 e. The second-order valence-corrected chi connectivity index (χ2v) is 8.08. The number of aromatic nitrogens is 2. The van der Waals surface area contributed by atoms with Crippen LogP contribution in [0.3, 0.4) is 0 Å². The molecule has 6 nitrogen and oxygen atoms in total. The zero-order chi connectivity index (χ0) is 22.8. The molecule has 0 aliphatic rings. The minimum atomic E-state index is -0.125. The van der Waals surface area contributed by atoms with Crippen LogP contribution in [0.5, 0.6) is 0 Å². The molecule has 0 fully saturated rings. The lowest BCUT2D eigenvalue weighted by Gasteiger charge is -2.11. The van der Waals surface area contributed by atoms with Crippen LogP contribution in [0.2, 0.25) is 0 Å². The Hall–Kier alpha value is -4.32. The highest BCUT2D eigenvalue weighted by Crippen LogP contribution is 2.27. The minimum absolute atomic E-state index is 0.110. The Morgan fingerprint density at radius 3 is 1.97 bits per heavy atom. The zero-order valence-electron chi connectivity index (χ0n) is 18.3. The van der Waals surface area contributed by atoms with Crippen LogP contribution in [-0.2, 0) is 22.7 Å². The molecule has 0 atom stereocenters. The summed E-state index contributed by atoms with van der Waals surface area (Å²) in [4.78, 5) is 24.4. The summed E-state index contributed by atoms with van der Waals surface area (Å²) in [6.45, 7) is 2.43. The third-order valence-corrected chi connectivity index (χ3v) is 5.72. The highest BCUT2D eigenvalue weighted by molar-refractivity contribution is 6.03. The van der Waals surface area contributed by atoms with E-state index < -0.39 is 0 Å². The molecule has 3 aromatic carbocycles.